The lowest BCUT2D eigenvalue weighted by Gasteiger charge is -2.44. The van der Waals surface area contributed by atoms with Crippen LogP contribution in [-0.4, -0.2) is 60.8 Å². The fraction of sp³-hybridized carbons (Fsp3) is 0.667. The van der Waals surface area contributed by atoms with E-state index in [4.69, 9.17) is 4.74 Å². The largest absolute Gasteiger partial charge is 0.381 e. The molecule has 2 heterocycles. The Kier molecular flexibility index (Phi) is 5.46. The first-order valence-electron chi connectivity index (χ1n) is 10.2. The van der Waals surface area contributed by atoms with Gasteiger partial charge >= 0.3 is 6.03 Å². The highest BCUT2D eigenvalue weighted by molar-refractivity contribution is 5.75. The van der Waals surface area contributed by atoms with Crippen molar-refractivity contribution in [2.24, 2.45) is 0 Å². The molecule has 2 aliphatic heterocycles. The van der Waals surface area contributed by atoms with E-state index >= 15 is 0 Å². The van der Waals surface area contributed by atoms with Gasteiger partial charge in [0.1, 0.15) is 0 Å². The average Bonchev–Trinajstić information content (AvgIpc) is 2.69. The second-order valence-electron chi connectivity index (χ2n) is 7.97. The summed E-state index contributed by atoms with van der Waals surface area (Å²) in [6, 6.07) is 9.69. The van der Waals surface area contributed by atoms with Gasteiger partial charge in [-0.25, -0.2) is 4.79 Å². The molecule has 0 bridgehead atoms. The van der Waals surface area contributed by atoms with E-state index < -0.39 is 0 Å². The molecule has 1 N–H and O–H groups in total. The Morgan fingerprint density at radius 1 is 1.15 bits per heavy atom. The van der Waals surface area contributed by atoms with Crippen molar-refractivity contribution in [1.82, 2.24) is 15.1 Å². The average molecular weight is 357 g/mol. The van der Waals surface area contributed by atoms with Crippen LogP contribution in [0.25, 0.3) is 0 Å². The normalized spacial score (nSPS) is 27.8. The summed E-state index contributed by atoms with van der Waals surface area (Å²) in [5, 5.41) is 3.32. The molecule has 0 saturated carbocycles. The molecule has 5 nitrogen and oxygen atoms in total. The highest BCUT2D eigenvalue weighted by atomic mass is 16.5. The molecule has 5 heteroatoms. The van der Waals surface area contributed by atoms with Gasteiger partial charge in [-0.3, -0.25) is 4.90 Å². The predicted octanol–water partition coefficient (Wildman–Crippen LogP) is 2.96. The molecule has 4 rings (SSSR count). The molecule has 2 atom stereocenters. The molecule has 0 aromatic heterocycles. The highest BCUT2D eigenvalue weighted by Crippen LogP contribution is 2.30. The zero-order chi connectivity index (χ0) is 17.9. The summed E-state index contributed by atoms with van der Waals surface area (Å²) >= 11 is 0. The van der Waals surface area contributed by atoms with E-state index in [1.807, 2.05) is 4.90 Å². The number of rotatable bonds is 2. The molecule has 1 aliphatic carbocycles. The Balaban J connectivity index is 1.36. The van der Waals surface area contributed by atoms with Gasteiger partial charge in [0.2, 0.25) is 0 Å². The summed E-state index contributed by atoms with van der Waals surface area (Å²) in [7, 11) is 0. The quantitative estimate of drug-likeness (QED) is 0.885. The number of benzene rings is 1. The van der Waals surface area contributed by atoms with Crippen LogP contribution < -0.4 is 5.32 Å². The summed E-state index contributed by atoms with van der Waals surface area (Å²) in [4.78, 5) is 17.5. The maximum absolute atomic E-state index is 12.9. The van der Waals surface area contributed by atoms with Crippen LogP contribution >= 0.6 is 0 Å². The van der Waals surface area contributed by atoms with Gasteiger partial charge < -0.3 is 15.0 Å². The number of carbonyl (C=O) groups excluding carboxylic acids is 1. The number of nitrogens with zero attached hydrogens (tertiary/aromatic N) is 2. The lowest BCUT2D eigenvalue weighted by atomic mass is 9.88. The second kappa shape index (κ2) is 7.97. The number of hydrogen-bond donors (Lipinski definition) is 1. The number of ether oxygens (including phenoxy) is 1. The third kappa shape index (κ3) is 3.74. The van der Waals surface area contributed by atoms with Crippen LogP contribution in [0.3, 0.4) is 0 Å². The van der Waals surface area contributed by atoms with Gasteiger partial charge in [-0.1, -0.05) is 24.3 Å². The molecule has 142 valence electrons. The van der Waals surface area contributed by atoms with Crippen molar-refractivity contribution in [3.8, 4) is 0 Å². The molecular formula is C21H31N3O2. The molecule has 1 unspecified atom stereocenters. The van der Waals surface area contributed by atoms with Gasteiger partial charge in [-0.2, -0.15) is 0 Å². The van der Waals surface area contributed by atoms with Crippen molar-refractivity contribution in [3.05, 3.63) is 35.4 Å². The van der Waals surface area contributed by atoms with E-state index in [9.17, 15) is 4.79 Å². The van der Waals surface area contributed by atoms with Crippen molar-refractivity contribution in [2.45, 2.75) is 57.2 Å². The van der Waals surface area contributed by atoms with Crippen molar-refractivity contribution in [1.29, 1.82) is 0 Å². The van der Waals surface area contributed by atoms with Crippen LogP contribution in [0.1, 0.15) is 49.8 Å². The molecule has 1 aromatic rings. The standard InChI is InChI=1S/C21H31N3O2/c1-16-15-23(18-9-13-26-14-10-18)11-12-24(16)21(25)22-20-8-4-6-17-5-2-3-7-19(17)20/h2-3,5,7,16,18,20H,4,6,8-15H2,1H3,(H,22,25)/t16-,20?/m0/s1. The molecular weight excluding hydrogens is 326 g/mol. The smallest absolute Gasteiger partial charge is 0.318 e. The first-order valence-corrected chi connectivity index (χ1v) is 10.2. The molecule has 3 aliphatic rings. The van der Waals surface area contributed by atoms with Crippen molar-refractivity contribution >= 4 is 6.03 Å². The fourth-order valence-corrected chi connectivity index (χ4v) is 4.81. The van der Waals surface area contributed by atoms with E-state index in [0.29, 0.717) is 6.04 Å². The highest BCUT2D eigenvalue weighted by Gasteiger charge is 2.33. The Labute approximate surface area is 156 Å². The van der Waals surface area contributed by atoms with Crippen LogP contribution in [0, 0.1) is 0 Å². The first kappa shape index (κ1) is 17.8. The van der Waals surface area contributed by atoms with Crippen molar-refractivity contribution < 1.29 is 9.53 Å². The van der Waals surface area contributed by atoms with Gasteiger partial charge in [-0.15, -0.1) is 0 Å². The zero-order valence-electron chi connectivity index (χ0n) is 15.8. The monoisotopic (exact) mass is 357 g/mol. The van der Waals surface area contributed by atoms with E-state index in [0.717, 1.165) is 65.0 Å². The number of hydrogen-bond acceptors (Lipinski definition) is 3. The lowest BCUT2D eigenvalue weighted by Crippen LogP contribution is -2.59. The maximum Gasteiger partial charge on any atom is 0.318 e. The van der Waals surface area contributed by atoms with Crippen LogP contribution in [0.4, 0.5) is 4.79 Å². The first-order chi connectivity index (χ1) is 12.7. The summed E-state index contributed by atoms with van der Waals surface area (Å²) in [5.74, 6) is 0. The number of amides is 2. The Morgan fingerprint density at radius 3 is 2.77 bits per heavy atom. The predicted molar refractivity (Wildman–Crippen MR) is 102 cm³/mol. The number of fused-ring (bicyclic) bond motifs is 1. The van der Waals surface area contributed by atoms with E-state index in [-0.39, 0.29) is 18.1 Å². The molecule has 2 amide bonds. The summed E-state index contributed by atoms with van der Waals surface area (Å²) in [5.41, 5.74) is 2.70. The number of aryl methyl sites for hydroxylation is 1. The molecule has 1 aromatic carbocycles. The Hall–Kier alpha value is -1.59. The topological polar surface area (TPSA) is 44.8 Å². The Morgan fingerprint density at radius 2 is 1.96 bits per heavy atom. The van der Waals surface area contributed by atoms with Gasteiger partial charge in [0.25, 0.3) is 0 Å². The minimum absolute atomic E-state index is 0.103. The van der Waals surface area contributed by atoms with Crippen molar-refractivity contribution in [3.63, 3.8) is 0 Å². The molecule has 2 fully saturated rings. The molecule has 0 spiro atoms. The third-order valence-electron chi connectivity index (χ3n) is 6.29. The number of carbonyl (C=O) groups is 1. The maximum atomic E-state index is 12.9. The van der Waals surface area contributed by atoms with Crippen LogP contribution in [-0.2, 0) is 11.2 Å². The van der Waals surface area contributed by atoms with Crippen molar-refractivity contribution in [2.75, 3.05) is 32.8 Å². The third-order valence-corrected chi connectivity index (χ3v) is 6.29. The minimum Gasteiger partial charge on any atom is -0.381 e. The van der Waals surface area contributed by atoms with Crippen LogP contribution in [0.2, 0.25) is 0 Å². The van der Waals surface area contributed by atoms with Gasteiger partial charge in [-0.05, 0) is 50.2 Å². The van der Waals surface area contributed by atoms with Gasteiger partial charge in [0.05, 0.1) is 6.04 Å². The lowest BCUT2D eigenvalue weighted by molar-refractivity contribution is 0.00674. The van der Waals surface area contributed by atoms with E-state index in [2.05, 4.69) is 41.4 Å². The van der Waals surface area contributed by atoms with Crippen LogP contribution in [0.5, 0.6) is 0 Å². The number of piperazine rings is 1. The molecule has 26 heavy (non-hydrogen) atoms. The second-order valence-corrected chi connectivity index (χ2v) is 7.97. The SMILES string of the molecule is C[C@H]1CN(C2CCOCC2)CCN1C(=O)NC1CCCc2ccccc21. The zero-order valence-corrected chi connectivity index (χ0v) is 15.8. The van der Waals surface area contributed by atoms with Crippen LogP contribution in [0.15, 0.2) is 24.3 Å². The summed E-state index contributed by atoms with van der Waals surface area (Å²) < 4.78 is 5.49. The number of nitrogens with one attached hydrogen (secondary N) is 1. The van der Waals surface area contributed by atoms with E-state index in [1.54, 1.807) is 0 Å². The summed E-state index contributed by atoms with van der Waals surface area (Å²) in [6.07, 6.45) is 5.56. The molecule has 0 radical (unpaired) electrons. The minimum atomic E-state index is 0.103. The fourth-order valence-electron chi connectivity index (χ4n) is 4.81. The summed E-state index contributed by atoms with van der Waals surface area (Å²) in [6.45, 7) is 6.70. The number of urea groups is 1. The van der Waals surface area contributed by atoms with Gasteiger partial charge in [0, 0.05) is 44.9 Å². The Bertz CT molecular complexity index is 629. The van der Waals surface area contributed by atoms with Gasteiger partial charge in [0.15, 0.2) is 0 Å². The molecule has 2 saturated heterocycles. The van der Waals surface area contributed by atoms with E-state index in [1.165, 1.54) is 11.1 Å².